The molecule has 2 aromatic carbocycles. The Kier molecular flexibility index (Phi) is 6.82. The fraction of sp³-hybridized carbons (Fsp3) is 0.227. The number of nitrogens with zero attached hydrogens (tertiary/aromatic N) is 1. The number of para-hydroxylation sites is 1. The zero-order chi connectivity index (χ0) is 21.5. The number of hydrogen-bond donors (Lipinski definition) is 3. The number of methoxy groups -OCH3 is 1. The summed E-state index contributed by atoms with van der Waals surface area (Å²) in [5.41, 5.74) is 2.83. The first kappa shape index (κ1) is 21.1. The van der Waals surface area contributed by atoms with Crippen molar-refractivity contribution >= 4 is 22.7 Å². The molecule has 1 heterocycles. The molecule has 0 aliphatic carbocycles. The minimum Gasteiger partial charge on any atom is -0.496 e. The van der Waals surface area contributed by atoms with E-state index in [4.69, 9.17) is 14.7 Å². The number of nitrogens with one attached hydrogen (secondary N) is 2. The number of amides is 2. The van der Waals surface area contributed by atoms with Crippen LogP contribution in [-0.2, 0) is 0 Å². The molecule has 0 bridgehead atoms. The molecule has 3 N–H and O–H groups in total. The number of aromatic nitrogens is 1. The van der Waals surface area contributed by atoms with Crippen LogP contribution in [0.5, 0.6) is 11.5 Å². The standard InChI is InChI=1S/C22H23N3O5/c1-3-15(13-30-16-10-8-14(9-11-16)21(26)25-28)23-22(27)19-12-20(29-2)17-6-4-5-7-18(17)24-19/h4-12,15,28H,3,13H2,1-2H3,(H,23,27)(H,25,26)/t15-/m0/s1. The SMILES string of the molecule is CC[C@@H](COc1ccc(C(=O)NO)cc1)NC(=O)c1cc(OC)c2ccccc2n1. The third-order valence-corrected chi connectivity index (χ3v) is 4.63. The van der Waals surface area contributed by atoms with Gasteiger partial charge < -0.3 is 14.8 Å². The molecule has 0 aliphatic rings. The number of pyridine rings is 1. The van der Waals surface area contributed by atoms with Crippen LogP contribution in [0.15, 0.2) is 54.6 Å². The van der Waals surface area contributed by atoms with Gasteiger partial charge >= 0.3 is 0 Å². The Labute approximate surface area is 173 Å². The molecule has 3 aromatic rings. The first-order valence-corrected chi connectivity index (χ1v) is 9.47. The second-order valence-corrected chi connectivity index (χ2v) is 6.58. The highest BCUT2D eigenvalue weighted by Gasteiger charge is 2.17. The summed E-state index contributed by atoms with van der Waals surface area (Å²) in [4.78, 5) is 28.5. The van der Waals surface area contributed by atoms with Gasteiger partial charge in [-0.05, 0) is 42.8 Å². The van der Waals surface area contributed by atoms with Crippen molar-refractivity contribution in [2.45, 2.75) is 19.4 Å². The summed E-state index contributed by atoms with van der Waals surface area (Å²) in [7, 11) is 1.56. The van der Waals surface area contributed by atoms with Gasteiger partial charge in [0.05, 0.1) is 18.7 Å². The summed E-state index contributed by atoms with van der Waals surface area (Å²) in [6.07, 6.45) is 0.654. The Balaban J connectivity index is 1.66. The lowest BCUT2D eigenvalue weighted by Crippen LogP contribution is -2.39. The molecule has 0 radical (unpaired) electrons. The average Bonchev–Trinajstić information content (AvgIpc) is 2.80. The van der Waals surface area contributed by atoms with Crippen LogP contribution in [0.1, 0.15) is 34.2 Å². The minimum absolute atomic E-state index is 0.239. The number of rotatable bonds is 8. The number of benzene rings is 2. The van der Waals surface area contributed by atoms with Crippen molar-refractivity contribution in [1.82, 2.24) is 15.8 Å². The third kappa shape index (κ3) is 4.84. The van der Waals surface area contributed by atoms with Crippen molar-refractivity contribution in [3.8, 4) is 11.5 Å². The quantitative estimate of drug-likeness (QED) is 0.390. The largest absolute Gasteiger partial charge is 0.496 e. The lowest BCUT2D eigenvalue weighted by atomic mass is 10.1. The van der Waals surface area contributed by atoms with Crippen molar-refractivity contribution in [1.29, 1.82) is 0 Å². The molecular formula is C22H23N3O5. The van der Waals surface area contributed by atoms with Crippen LogP contribution < -0.4 is 20.3 Å². The second kappa shape index (κ2) is 9.71. The van der Waals surface area contributed by atoms with Crippen LogP contribution in [-0.4, -0.2) is 41.8 Å². The first-order valence-electron chi connectivity index (χ1n) is 9.47. The molecule has 1 atom stereocenters. The van der Waals surface area contributed by atoms with Gasteiger partial charge in [0.15, 0.2) is 0 Å². The van der Waals surface area contributed by atoms with Gasteiger partial charge in [0.2, 0.25) is 0 Å². The molecule has 2 amide bonds. The molecule has 156 valence electrons. The summed E-state index contributed by atoms with van der Waals surface area (Å²) in [5.74, 6) is 0.216. The van der Waals surface area contributed by atoms with Gasteiger partial charge in [-0.1, -0.05) is 19.1 Å². The third-order valence-electron chi connectivity index (χ3n) is 4.63. The number of carbonyl (C=O) groups is 2. The first-order chi connectivity index (χ1) is 14.5. The van der Waals surface area contributed by atoms with E-state index in [2.05, 4.69) is 10.3 Å². The minimum atomic E-state index is -0.599. The highest BCUT2D eigenvalue weighted by molar-refractivity contribution is 5.97. The maximum absolute atomic E-state index is 12.7. The summed E-state index contributed by atoms with van der Waals surface area (Å²) >= 11 is 0. The topological polar surface area (TPSA) is 110 Å². The predicted octanol–water partition coefficient (Wildman–Crippen LogP) is 2.95. The lowest BCUT2D eigenvalue weighted by Gasteiger charge is -2.18. The van der Waals surface area contributed by atoms with Crippen LogP contribution >= 0.6 is 0 Å². The van der Waals surface area contributed by atoms with Gasteiger partial charge in [-0.25, -0.2) is 10.5 Å². The van der Waals surface area contributed by atoms with E-state index in [1.165, 1.54) is 12.1 Å². The molecular weight excluding hydrogens is 386 g/mol. The van der Waals surface area contributed by atoms with E-state index in [0.29, 0.717) is 29.0 Å². The molecule has 1 aromatic heterocycles. The number of ether oxygens (including phenoxy) is 2. The molecule has 0 spiro atoms. The molecule has 8 nitrogen and oxygen atoms in total. The van der Waals surface area contributed by atoms with E-state index >= 15 is 0 Å². The van der Waals surface area contributed by atoms with Crippen molar-refractivity contribution < 1.29 is 24.3 Å². The fourth-order valence-electron chi connectivity index (χ4n) is 2.91. The Morgan fingerprint density at radius 3 is 2.50 bits per heavy atom. The molecule has 0 unspecified atom stereocenters. The number of carbonyl (C=O) groups excluding carboxylic acids is 2. The van der Waals surface area contributed by atoms with Crippen molar-refractivity contribution in [2.75, 3.05) is 13.7 Å². The van der Waals surface area contributed by atoms with Gasteiger partial charge in [0.25, 0.3) is 11.8 Å². The van der Waals surface area contributed by atoms with Gasteiger partial charge in [0, 0.05) is 17.0 Å². The maximum Gasteiger partial charge on any atom is 0.274 e. The van der Waals surface area contributed by atoms with E-state index < -0.39 is 5.91 Å². The zero-order valence-corrected chi connectivity index (χ0v) is 16.7. The van der Waals surface area contributed by atoms with E-state index in [0.717, 1.165) is 5.39 Å². The van der Waals surface area contributed by atoms with Crippen LogP contribution in [0, 0.1) is 0 Å². The van der Waals surface area contributed by atoms with Gasteiger partial charge in [-0.2, -0.15) is 0 Å². The fourth-order valence-corrected chi connectivity index (χ4v) is 2.91. The molecule has 0 fully saturated rings. The molecule has 30 heavy (non-hydrogen) atoms. The highest BCUT2D eigenvalue weighted by Crippen LogP contribution is 2.25. The second-order valence-electron chi connectivity index (χ2n) is 6.58. The normalized spacial score (nSPS) is 11.6. The highest BCUT2D eigenvalue weighted by atomic mass is 16.5. The summed E-state index contributed by atoms with van der Waals surface area (Å²) < 4.78 is 11.1. The molecule has 0 saturated heterocycles. The van der Waals surface area contributed by atoms with E-state index in [1.54, 1.807) is 30.8 Å². The molecule has 0 saturated carbocycles. The number of fused-ring (bicyclic) bond motifs is 1. The Morgan fingerprint density at radius 2 is 1.83 bits per heavy atom. The molecule has 8 heteroatoms. The monoisotopic (exact) mass is 409 g/mol. The van der Waals surface area contributed by atoms with Crippen molar-refractivity contribution in [3.05, 3.63) is 65.9 Å². The Morgan fingerprint density at radius 1 is 1.10 bits per heavy atom. The molecule has 0 aliphatic heterocycles. The van der Waals surface area contributed by atoms with Crippen LogP contribution in [0.2, 0.25) is 0 Å². The van der Waals surface area contributed by atoms with Crippen molar-refractivity contribution in [3.63, 3.8) is 0 Å². The summed E-state index contributed by atoms with van der Waals surface area (Å²) in [6, 6.07) is 15.2. The zero-order valence-electron chi connectivity index (χ0n) is 16.7. The number of hydrogen-bond acceptors (Lipinski definition) is 6. The summed E-state index contributed by atoms with van der Waals surface area (Å²) in [6.45, 7) is 2.19. The van der Waals surface area contributed by atoms with Gasteiger partial charge in [-0.3, -0.25) is 14.8 Å². The molecule has 3 rings (SSSR count). The Bertz CT molecular complexity index is 1040. The van der Waals surface area contributed by atoms with Crippen molar-refractivity contribution in [2.24, 2.45) is 0 Å². The lowest BCUT2D eigenvalue weighted by molar-refractivity contribution is 0.0706. The average molecular weight is 409 g/mol. The van der Waals surface area contributed by atoms with Gasteiger partial charge in [-0.15, -0.1) is 0 Å². The Hall–Kier alpha value is -3.65. The van der Waals surface area contributed by atoms with Gasteiger partial charge in [0.1, 0.15) is 23.8 Å². The van der Waals surface area contributed by atoms with E-state index in [9.17, 15) is 9.59 Å². The predicted molar refractivity (Wildman–Crippen MR) is 111 cm³/mol. The van der Waals surface area contributed by atoms with Crippen LogP contribution in [0.3, 0.4) is 0 Å². The number of hydroxylamine groups is 1. The van der Waals surface area contributed by atoms with E-state index in [-0.39, 0.29) is 24.2 Å². The summed E-state index contributed by atoms with van der Waals surface area (Å²) in [5, 5.41) is 12.4. The van der Waals surface area contributed by atoms with Crippen LogP contribution in [0.25, 0.3) is 10.9 Å². The van der Waals surface area contributed by atoms with E-state index in [1.807, 2.05) is 31.2 Å². The van der Waals surface area contributed by atoms with Crippen LogP contribution in [0.4, 0.5) is 0 Å². The smallest absolute Gasteiger partial charge is 0.274 e. The maximum atomic E-state index is 12.7.